The Labute approximate surface area is 114 Å². The predicted octanol–water partition coefficient (Wildman–Crippen LogP) is 1.32. The number of hydrogen-bond acceptors (Lipinski definition) is 5. The minimum Gasteiger partial charge on any atom is -0.382 e. The van der Waals surface area contributed by atoms with E-state index in [1.807, 2.05) is 20.8 Å². The van der Waals surface area contributed by atoms with E-state index in [4.69, 9.17) is 4.74 Å². The lowest BCUT2D eigenvalue weighted by Gasteiger charge is -2.34. The Morgan fingerprint density at radius 1 is 1.47 bits per heavy atom. The Hall–Kier alpha value is -1.69. The summed E-state index contributed by atoms with van der Waals surface area (Å²) in [6, 6.07) is 1.68. The maximum absolute atomic E-state index is 12.4. The number of carbonyl (C=O) groups excluding carboxylic acids is 1. The molecular weight excluding hydrogens is 244 g/mol. The number of amides is 1. The van der Waals surface area contributed by atoms with Crippen LogP contribution in [0.5, 0.6) is 0 Å². The normalized spacial score (nSPS) is 11.3. The molecule has 1 rings (SSSR count). The van der Waals surface area contributed by atoms with E-state index < -0.39 is 5.54 Å². The van der Waals surface area contributed by atoms with Crippen molar-refractivity contribution in [2.24, 2.45) is 0 Å². The standard InChI is InChI=1S/C13H22N4O2/c1-9-7-10(16-12(14-4)15-9)11(18)17(5)13(2,3)8-19-6/h7H,8H2,1-6H3,(H,14,15,16). The van der Waals surface area contributed by atoms with Crippen LogP contribution in [-0.4, -0.2) is 54.1 Å². The van der Waals surface area contributed by atoms with Crippen LogP contribution in [0.4, 0.5) is 5.95 Å². The van der Waals surface area contributed by atoms with Crippen LogP contribution in [0.2, 0.25) is 0 Å². The second kappa shape index (κ2) is 5.97. The number of nitrogens with zero attached hydrogens (tertiary/aromatic N) is 3. The van der Waals surface area contributed by atoms with Gasteiger partial charge in [-0.3, -0.25) is 4.79 Å². The molecule has 0 aromatic carbocycles. The minimum atomic E-state index is -0.398. The van der Waals surface area contributed by atoms with E-state index in [-0.39, 0.29) is 5.91 Å². The third kappa shape index (κ3) is 3.64. The average Bonchev–Trinajstić information content (AvgIpc) is 2.36. The molecule has 0 atom stereocenters. The maximum Gasteiger partial charge on any atom is 0.272 e. The topological polar surface area (TPSA) is 67.4 Å². The molecule has 6 heteroatoms. The molecule has 0 aliphatic heterocycles. The van der Waals surface area contributed by atoms with Crippen LogP contribution in [-0.2, 0) is 4.74 Å². The van der Waals surface area contributed by atoms with Crippen molar-refractivity contribution in [1.82, 2.24) is 14.9 Å². The van der Waals surface area contributed by atoms with E-state index in [9.17, 15) is 4.79 Å². The van der Waals surface area contributed by atoms with Gasteiger partial charge in [0.2, 0.25) is 5.95 Å². The Bertz CT molecular complexity index is 460. The van der Waals surface area contributed by atoms with Gasteiger partial charge < -0.3 is 15.0 Å². The fraction of sp³-hybridized carbons (Fsp3) is 0.615. The van der Waals surface area contributed by atoms with E-state index in [2.05, 4.69) is 15.3 Å². The van der Waals surface area contributed by atoms with Gasteiger partial charge in [-0.15, -0.1) is 0 Å². The van der Waals surface area contributed by atoms with Crippen LogP contribution >= 0.6 is 0 Å². The van der Waals surface area contributed by atoms with Crippen LogP contribution in [0, 0.1) is 6.92 Å². The van der Waals surface area contributed by atoms with Gasteiger partial charge in [-0.1, -0.05) is 0 Å². The van der Waals surface area contributed by atoms with Crippen molar-refractivity contribution in [3.8, 4) is 0 Å². The molecule has 1 aromatic heterocycles. The summed E-state index contributed by atoms with van der Waals surface area (Å²) in [6.07, 6.45) is 0. The Kier molecular flexibility index (Phi) is 4.83. The first-order valence-electron chi connectivity index (χ1n) is 6.12. The Morgan fingerprint density at radius 2 is 2.11 bits per heavy atom. The number of anilines is 1. The van der Waals surface area contributed by atoms with E-state index in [1.165, 1.54) is 0 Å². The summed E-state index contributed by atoms with van der Waals surface area (Å²) in [4.78, 5) is 22.4. The third-order valence-corrected chi connectivity index (χ3v) is 3.01. The van der Waals surface area contributed by atoms with Gasteiger partial charge >= 0.3 is 0 Å². The molecule has 0 aliphatic carbocycles. The van der Waals surface area contributed by atoms with Crippen LogP contribution < -0.4 is 5.32 Å². The zero-order chi connectivity index (χ0) is 14.6. The molecule has 0 saturated heterocycles. The second-order valence-corrected chi connectivity index (χ2v) is 5.08. The van der Waals surface area contributed by atoms with Gasteiger partial charge in [0.25, 0.3) is 5.91 Å². The van der Waals surface area contributed by atoms with Crippen molar-refractivity contribution < 1.29 is 9.53 Å². The highest BCUT2D eigenvalue weighted by molar-refractivity contribution is 5.93. The van der Waals surface area contributed by atoms with Crippen LogP contribution in [0.1, 0.15) is 30.0 Å². The molecule has 0 aliphatic rings. The summed E-state index contributed by atoms with van der Waals surface area (Å²) in [5.74, 6) is 0.297. The minimum absolute atomic E-state index is 0.149. The Balaban J connectivity index is 3.03. The van der Waals surface area contributed by atoms with Gasteiger partial charge in [-0.25, -0.2) is 9.97 Å². The van der Waals surface area contributed by atoms with Crippen molar-refractivity contribution in [3.63, 3.8) is 0 Å². The SMILES string of the molecule is CNc1nc(C)cc(C(=O)N(C)C(C)(C)COC)n1. The molecule has 1 N–H and O–H groups in total. The van der Waals surface area contributed by atoms with Gasteiger partial charge in [0, 0.05) is 26.9 Å². The van der Waals surface area contributed by atoms with Gasteiger partial charge in [0.05, 0.1) is 12.1 Å². The van der Waals surface area contributed by atoms with Gasteiger partial charge in [0.1, 0.15) is 5.69 Å². The predicted molar refractivity (Wildman–Crippen MR) is 74.4 cm³/mol. The average molecular weight is 266 g/mol. The molecule has 6 nitrogen and oxygen atoms in total. The third-order valence-electron chi connectivity index (χ3n) is 3.01. The van der Waals surface area contributed by atoms with Crippen LogP contribution in [0.3, 0.4) is 0 Å². The summed E-state index contributed by atoms with van der Waals surface area (Å²) in [5, 5.41) is 2.85. The van der Waals surface area contributed by atoms with Crippen LogP contribution in [0.25, 0.3) is 0 Å². The summed E-state index contributed by atoms with van der Waals surface area (Å²) in [7, 11) is 5.09. The first-order chi connectivity index (χ1) is 8.81. The number of likely N-dealkylation sites (N-methyl/N-ethyl adjacent to an activating group) is 1. The molecular formula is C13H22N4O2. The molecule has 0 radical (unpaired) electrons. The first-order valence-corrected chi connectivity index (χ1v) is 6.12. The lowest BCUT2D eigenvalue weighted by Crippen LogP contribution is -2.48. The highest BCUT2D eigenvalue weighted by Crippen LogP contribution is 2.16. The van der Waals surface area contributed by atoms with Crippen LogP contribution in [0.15, 0.2) is 6.07 Å². The number of nitrogens with one attached hydrogen (secondary N) is 1. The van der Waals surface area contributed by atoms with Gasteiger partial charge in [0.15, 0.2) is 0 Å². The van der Waals surface area contributed by atoms with Gasteiger partial charge in [-0.2, -0.15) is 0 Å². The highest BCUT2D eigenvalue weighted by Gasteiger charge is 2.29. The van der Waals surface area contributed by atoms with E-state index in [1.54, 1.807) is 32.2 Å². The van der Waals surface area contributed by atoms with Crippen molar-refractivity contribution >= 4 is 11.9 Å². The zero-order valence-corrected chi connectivity index (χ0v) is 12.4. The monoisotopic (exact) mass is 266 g/mol. The van der Waals surface area contributed by atoms with E-state index >= 15 is 0 Å². The quantitative estimate of drug-likeness (QED) is 0.870. The molecule has 0 fully saturated rings. The fourth-order valence-electron chi connectivity index (χ4n) is 1.69. The molecule has 1 amide bonds. The van der Waals surface area contributed by atoms with Crippen molar-refractivity contribution in [3.05, 3.63) is 17.5 Å². The smallest absolute Gasteiger partial charge is 0.272 e. The highest BCUT2D eigenvalue weighted by atomic mass is 16.5. The van der Waals surface area contributed by atoms with Gasteiger partial charge in [-0.05, 0) is 26.8 Å². The molecule has 0 unspecified atom stereocenters. The summed E-state index contributed by atoms with van der Waals surface area (Å²) in [6.45, 7) is 6.18. The Morgan fingerprint density at radius 3 is 2.63 bits per heavy atom. The second-order valence-electron chi connectivity index (χ2n) is 5.08. The molecule has 1 heterocycles. The largest absolute Gasteiger partial charge is 0.382 e. The lowest BCUT2D eigenvalue weighted by molar-refractivity contribution is 0.0361. The number of ether oxygens (including phenoxy) is 1. The summed E-state index contributed by atoms with van der Waals surface area (Å²) in [5.41, 5.74) is 0.731. The number of methoxy groups -OCH3 is 1. The van der Waals surface area contributed by atoms with Crippen molar-refractivity contribution in [1.29, 1.82) is 0 Å². The maximum atomic E-state index is 12.4. The zero-order valence-electron chi connectivity index (χ0n) is 12.4. The number of rotatable bonds is 5. The molecule has 0 spiro atoms. The summed E-state index contributed by atoms with van der Waals surface area (Å²) >= 11 is 0. The number of carbonyl (C=O) groups is 1. The molecule has 0 saturated carbocycles. The fourth-order valence-corrected chi connectivity index (χ4v) is 1.69. The molecule has 1 aromatic rings. The molecule has 19 heavy (non-hydrogen) atoms. The van der Waals surface area contributed by atoms with Crippen molar-refractivity contribution in [2.45, 2.75) is 26.3 Å². The molecule has 106 valence electrons. The number of aryl methyl sites for hydroxylation is 1. The molecule has 0 bridgehead atoms. The lowest BCUT2D eigenvalue weighted by atomic mass is 10.0. The van der Waals surface area contributed by atoms with E-state index in [0.717, 1.165) is 5.69 Å². The van der Waals surface area contributed by atoms with Crippen molar-refractivity contribution in [2.75, 3.05) is 33.1 Å². The number of aromatic nitrogens is 2. The summed E-state index contributed by atoms with van der Waals surface area (Å²) < 4.78 is 5.14. The number of hydrogen-bond donors (Lipinski definition) is 1. The first kappa shape index (κ1) is 15.4. The van der Waals surface area contributed by atoms with E-state index in [0.29, 0.717) is 18.2 Å².